The van der Waals surface area contributed by atoms with E-state index in [0.29, 0.717) is 0 Å². The summed E-state index contributed by atoms with van der Waals surface area (Å²) < 4.78 is 0. The first-order chi connectivity index (χ1) is 9.29. The summed E-state index contributed by atoms with van der Waals surface area (Å²) in [6.07, 6.45) is 0.912. The predicted octanol–water partition coefficient (Wildman–Crippen LogP) is 3.51. The lowest BCUT2D eigenvalue weighted by Crippen LogP contribution is -2.38. The van der Waals surface area contributed by atoms with E-state index >= 15 is 0 Å². The molecule has 0 amide bonds. The molecule has 0 heterocycles. The lowest BCUT2D eigenvalue weighted by Gasteiger charge is -2.16. The minimum atomic E-state index is 0.226. The van der Waals surface area contributed by atoms with E-state index in [1.54, 1.807) is 11.8 Å². The van der Waals surface area contributed by atoms with Gasteiger partial charge in [-0.1, -0.05) is 54.1 Å². The fraction of sp³-hybridized carbons (Fsp3) is 0.200. The highest BCUT2D eigenvalue weighted by molar-refractivity contribution is 7.99. The lowest BCUT2D eigenvalue weighted by atomic mass is 10.1. The topological polar surface area (TPSA) is 38.0 Å². The predicted molar refractivity (Wildman–Crippen MR) is 83.4 cm³/mol. The first kappa shape index (κ1) is 14.4. The van der Waals surface area contributed by atoms with Crippen molar-refractivity contribution in [2.45, 2.75) is 17.4 Å². The second kappa shape index (κ2) is 7.56. The van der Waals surface area contributed by atoms with Gasteiger partial charge < -0.3 is 0 Å². The van der Waals surface area contributed by atoms with Crippen molar-refractivity contribution in [2.24, 2.45) is 5.84 Å². The average molecular weight is 293 g/mol. The Bertz CT molecular complexity index is 505. The second-order valence-corrected chi connectivity index (χ2v) is 5.76. The third-order valence-corrected chi connectivity index (χ3v) is 4.51. The van der Waals surface area contributed by atoms with Crippen LogP contribution in [-0.2, 0) is 6.42 Å². The number of nitrogens with two attached hydrogens (primary N) is 1. The van der Waals surface area contributed by atoms with Crippen LogP contribution in [0.2, 0.25) is 5.02 Å². The molecule has 100 valence electrons. The normalized spacial score (nSPS) is 12.3. The van der Waals surface area contributed by atoms with Crippen molar-refractivity contribution in [3.8, 4) is 0 Å². The molecule has 1 atom stereocenters. The van der Waals surface area contributed by atoms with Crippen LogP contribution in [0, 0.1) is 0 Å². The summed E-state index contributed by atoms with van der Waals surface area (Å²) in [5.41, 5.74) is 4.16. The van der Waals surface area contributed by atoms with Crippen molar-refractivity contribution in [3.63, 3.8) is 0 Å². The summed E-state index contributed by atoms with van der Waals surface area (Å²) >= 11 is 7.86. The number of rotatable bonds is 6. The Morgan fingerprint density at radius 1 is 1.05 bits per heavy atom. The van der Waals surface area contributed by atoms with E-state index in [9.17, 15) is 0 Å². The maximum Gasteiger partial charge on any atom is 0.0541 e. The van der Waals surface area contributed by atoms with Gasteiger partial charge in [0.2, 0.25) is 0 Å². The number of thioether (sulfide) groups is 1. The molecule has 0 aromatic heterocycles. The van der Waals surface area contributed by atoms with Gasteiger partial charge in [0.1, 0.15) is 0 Å². The zero-order valence-corrected chi connectivity index (χ0v) is 12.1. The summed E-state index contributed by atoms with van der Waals surface area (Å²) in [6.45, 7) is 0. The quantitative estimate of drug-likeness (QED) is 0.486. The van der Waals surface area contributed by atoms with Gasteiger partial charge >= 0.3 is 0 Å². The minimum Gasteiger partial charge on any atom is -0.271 e. The largest absolute Gasteiger partial charge is 0.271 e. The molecule has 0 fully saturated rings. The highest BCUT2D eigenvalue weighted by Gasteiger charge is 2.09. The van der Waals surface area contributed by atoms with Crippen molar-refractivity contribution in [2.75, 3.05) is 5.75 Å². The van der Waals surface area contributed by atoms with Gasteiger partial charge in [0, 0.05) is 16.7 Å². The molecular weight excluding hydrogens is 276 g/mol. The van der Waals surface area contributed by atoms with E-state index in [1.165, 1.54) is 5.56 Å². The van der Waals surface area contributed by atoms with Gasteiger partial charge in [-0.15, -0.1) is 11.8 Å². The van der Waals surface area contributed by atoms with Gasteiger partial charge in [-0.2, -0.15) is 0 Å². The SMILES string of the molecule is NNC(CSc1ccccc1Cl)Cc1ccccc1. The maximum absolute atomic E-state index is 6.14. The molecule has 0 saturated heterocycles. The maximum atomic E-state index is 6.14. The molecule has 0 bridgehead atoms. The monoisotopic (exact) mass is 292 g/mol. The fourth-order valence-electron chi connectivity index (χ4n) is 1.82. The average Bonchev–Trinajstić information content (AvgIpc) is 2.46. The third-order valence-electron chi connectivity index (χ3n) is 2.84. The summed E-state index contributed by atoms with van der Waals surface area (Å²) in [5, 5.41) is 0.794. The summed E-state index contributed by atoms with van der Waals surface area (Å²) in [6, 6.07) is 18.4. The van der Waals surface area contributed by atoms with Crippen molar-refractivity contribution < 1.29 is 0 Å². The Morgan fingerprint density at radius 3 is 2.42 bits per heavy atom. The van der Waals surface area contributed by atoms with Crippen LogP contribution < -0.4 is 11.3 Å². The molecule has 0 aliphatic heterocycles. The fourth-order valence-corrected chi connectivity index (χ4v) is 3.09. The van der Waals surface area contributed by atoms with Crippen LogP contribution in [0.5, 0.6) is 0 Å². The van der Waals surface area contributed by atoms with Crippen molar-refractivity contribution in [1.29, 1.82) is 0 Å². The molecule has 0 aliphatic carbocycles. The molecule has 0 saturated carbocycles. The molecule has 1 unspecified atom stereocenters. The van der Waals surface area contributed by atoms with E-state index in [-0.39, 0.29) is 6.04 Å². The van der Waals surface area contributed by atoms with Crippen molar-refractivity contribution in [3.05, 3.63) is 65.2 Å². The van der Waals surface area contributed by atoms with Crippen LogP contribution in [0.1, 0.15) is 5.56 Å². The van der Waals surface area contributed by atoms with Gasteiger partial charge in [0.05, 0.1) is 5.02 Å². The number of hydrogen-bond acceptors (Lipinski definition) is 3. The Labute approximate surface area is 123 Å². The molecule has 2 nitrogen and oxygen atoms in total. The Hall–Kier alpha value is -1.00. The van der Waals surface area contributed by atoms with E-state index in [2.05, 4.69) is 17.6 Å². The zero-order chi connectivity index (χ0) is 13.5. The van der Waals surface area contributed by atoms with Crippen LogP contribution in [0.3, 0.4) is 0 Å². The molecule has 0 spiro atoms. The van der Waals surface area contributed by atoms with Crippen LogP contribution >= 0.6 is 23.4 Å². The van der Waals surface area contributed by atoms with Crippen LogP contribution in [0.25, 0.3) is 0 Å². The van der Waals surface area contributed by atoms with Gasteiger partial charge in [0.15, 0.2) is 0 Å². The smallest absolute Gasteiger partial charge is 0.0541 e. The Morgan fingerprint density at radius 2 is 1.74 bits per heavy atom. The molecular formula is C15H17ClN2S. The molecule has 0 radical (unpaired) electrons. The summed E-state index contributed by atoms with van der Waals surface area (Å²) in [5.74, 6) is 6.51. The van der Waals surface area contributed by atoms with Crippen molar-refractivity contribution in [1.82, 2.24) is 5.43 Å². The van der Waals surface area contributed by atoms with E-state index in [1.807, 2.05) is 42.5 Å². The Kier molecular flexibility index (Phi) is 5.73. The molecule has 4 heteroatoms. The van der Waals surface area contributed by atoms with Gasteiger partial charge in [-0.05, 0) is 24.1 Å². The van der Waals surface area contributed by atoms with Crippen LogP contribution in [0.4, 0.5) is 0 Å². The standard InChI is InChI=1S/C15H17ClN2S/c16-14-8-4-5-9-15(14)19-11-13(18-17)10-12-6-2-1-3-7-12/h1-9,13,18H,10-11,17H2. The number of benzene rings is 2. The van der Waals surface area contributed by atoms with E-state index in [0.717, 1.165) is 22.1 Å². The molecule has 3 N–H and O–H groups in total. The molecule has 2 rings (SSSR count). The van der Waals surface area contributed by atoms with E-state index < -0.39 is 0 Å². The molecule has 2 aromatic carbocycles. The van der Waals surface area contributed by atoms with Gasteiger partial charge in [0.25, 0.3) is 0 Å². The van der Waals surface area contributed by atoms with Crippen LogP contribution in [0.15, 0.2) is 59.5 Å². The number of nitrogens with one attached hydrogen (secondary N) is 1. The summed E-state index contributed by atoms with van der Waals surface area (Å²) in [7, 11) is 0. The molecule has 0 aliphatic rings. The van der Waals surface area contributed by atoms with E-state index in [4.69, 9.17) is 17.4 Å². The van der Waals surface area contributed by atoms with Crippen LogP contribution in [-0.4, -0.2) is 11.8 Å². The number of hydrogen-bond donors (Lipinski definition) is 2. The zero-order valence-electron chi connectivity index (χ0n) is 10.6. The summed E-state index contributed by atoms with van der Waals surface area (Å²) in [4.78, 5) is 1.09. The van der Waals surface area contributed by atoms with Gasteiger partial charge in [-0.3, -0.25) is 11.3 Å². The first-order valence-corrected chi connectivity index (χ1v) is 7.53. The highest BCUT2D eigenvalue weighted by atomic mass is 35.5. The Balaban J connectivity index is 1.91. The lowest BCUT2D eigenvalue weighted by molar-refractivity contribution is 0.575. The van der Waals surface area contributed by atoms with Crippen molar-refractivity contribution >= 4 is 23.4 Å². The molecule has 19 heavy (non-hydrogen) atoms. The highest BCUT2D eigenvalue weighted by Crippen LogP contribution is 2.27. The van der Waals surface area contributed by atoms with Gasteiger partial charge in [-0.25, -0.2) is 0 Å². The second-order valence-electron chi connectivity index (χ2n) is 4.29. The first-order valence-electron chi connectivity index (χ1n) is 6.17. The number of halogens is 1. The number of hydrazine groups is 1. The third kappa shape index (κ3) is 4.55. The minimum absolute atomic E-state index is 0.226. The molecule has 2 aromatic rings.